The molecule has 2 heterocycles. The Hall–Kier alpha value is -3.88. The smallest absolute Gasteiger partial charge is 0.337 e. The van der Waals surface area contributed by atoms with Crippen LogP contribution in [0.4, 0.5) is 4.39 Å². The largest absolute Gasteiger partial charge is 0.465 e. The number of carbonyl (C=O) groups excluding carboxylic acids is 1. The molecular weight excluding hydrogens is 377 g/mol. The molecule has 9 heteroatoms. The molecule has 0 aliphatic rings. The number of benzene rings is 2. The number of hydrogen-bond acceptors (Lipinski definition) is 7. The Morgan fingerprint density at radius 1 is 1.21 bits per heavy atom. The Morgan fingerprint density at radius 2 is 2.03 bits per heavy atom. The van der Waals surface area contributed by atoms with Gasteiger partial charge in [0.25, 0.3) is 5.89 Å². The van der Waals surface area contributed by atoms with Crippen LogP contribution in [0.2, 0.25) is 0 Å². The third-order valence-corrected chi connectivity index (χ3v) is 4.37. The molecule has 0 saturated heterocycles. The summed E-state index contributed by atoms with van der Waals surface area (Å²) in [5, 5.41) is 12.2. The van der Waals surface area contributed by atoms with Gasteiger partial charge >= 0.3 is 5.97 Å². The van der Waals surface area contributed by atoms with Crippen molar-refractivity contribution >= 4 is 5.97 Å². The van der Waals surface area contributed by atoms with E-state index in [-0.39, 0.29) is 17.5 Å². The van der Waals surface area contributed by atoms with Crippen LogP contribution in [0.1, 0.15) is 21.6 Å². The summed E-state index contributed by atoms with van der Waals surface area (Å²) in [6.07, 6.45) is 0. The predicted octanol–water partition coefficient (Wildman–Crippen LogP) is 3.28. The number of methoxy groups -OCH3 is 1. The van der Waals surface area contributed by atoms with Crippen LogP contribution >= 0.6 is 0 Å². The lowest BCUT2D eigenvalue weighted by Crippen LogP contribution is -2.04. The monoisotopic (exact) mass is 393 g/mol. The Morgan fingerprint density at radius 3 is 2.83 bits per heavy atom. The number of rotatable bonds is 5. The van der Waals surface area contributed by atoms with E-state index >= 15 is 0 Å². The average Bonchev–Trinajstić information content (AvgIpc) is 3.35. The topological polar surface area (TPSA) is 95.9 Å². The van der Waals surface area contributed by atoms with Gasteiger partial charge in [-0.05, 0) is 42.8 Å². The van der Waals surface area contributed by atoms with Crippen molar-refractivity contribution in [2.24, 2.45) is 0 Å². The molecule has 8 nitrogen and oxygen atoms in total. The lowest BCUT2D eigenvalue weighted by atomic mass is 10.1. The summed E-state index contributed by atoms with van der Waals surface area (Å²) >= 11 is 0. The van der Waals surface area contributed by atoms with E-state index < -0.39 is 5.97 Å². The van der Waals surface area contributed by atoms with E-state index in [4.69, 9.17) is 9.26 Å². The van der Waals surface area contributed by atoms with E-state index in [2.05, 4.69) is 20.5 Å². The molecule has 146 valence electrons. The summed E-state index contributed by atoms with van der Waals surface area (Å²) in [5.41, 5.74) is 2.89. The highest BCUT2D eigenvalue weighted by Crippen LogP contribution is 2.24. The molecule has 0 N–H and O–H groups in total. The second kappa shape index (κ2) is 7.63. The molecule has 0 unspecified atom stereocenters. The lowest BCUT2D eigenvalue weighted by molar-refractivity contribution is 0.0601. The first-order valence-corrected chi connectivity index (χ1v) is 8.72. The van der Waals surface area contributed by atoms with E-state index in [0.29, 0.717) is 29.1 Å². The van der Waals surface area contributed by atoms with Crippen molar-refractivity contribution in [1.82, 2.24) is 25.1 Å². The fraction of sp³-hybridized carbons (Fsp3) is 0.150. The fourth-order valence-corrected chi connectivity index (χ4v) is 2.86. The number of esters is 1. The van der Waals surface area contributed by atoms with Gasteiger partial charge in [-0.25, -0.2) is 13.9 Å². The Bertz CT molecular complexity index is 1180. The van der Waals surface area contributed by atoms with Gasteiger partial charge in [0, 0.05) is 5.56 Å². The molecule has 0 bridgehead atoms. The van der Waals surface area contributed by atoms with Crippen molar-refractivity contribution in [2.75, 3.05) is 7.11 Å². The highest BCUT2D eigenvalue weighted by atomic mass is 19.1. The van der Waals surface area contributed by atoms with Gasteiger partial charge in [-0.2, -0.15) is 4.98 Å². The van der Waals surface area contributed by atoms with Crippen LogP contribution in [-0.2, 0) is 11.3 Å². The molecule has 0 fully saturated rings. The van der Waals surface area contributed by atoms with Crippen molar-refractivity contribution in [2.45, 2.75) is 13.5 Å². The summed E-state index contributed by atoms with van der Waals surface area (Å²) in [6.45, 7) is 2.19. The molecule has 0 saturated carbocycles. The molecule has 2 aromatic carbocycles. The van der Waals surface area contributed by atoms with E-state index in [1.807, 2.05) is 13.0 Å². The van der Waals surface area contributed by atoms with Crippen molar-refractivity contribution in [3.8, 4) is 23.0 Å². The van der Waals surface area contributed by atoms with E-state index in [0.717, 1.165) is 5.56 Å². The molecule has 0 atom stereocenters. The van der Waals surface area contributed by atoms with Crippen molar-refractivity contribution < 1.29 is 18.4 Å². The van der Waals surface area contributed by atoms with Gasteiger partial charge in [0.05, 0.1) is 24.9 Å². The first-order valence-electron chi connectivity index (χ1n) is 8.72. The molecule has 0 amide bonds. The number of ether oxygens (including phenoxy) is 1. The van der Waals surface area contributed by atoms with Gasteiger partial charge in [0.1, 0.15) is 5.82 Å². The molecule has 4 rings (SSSR count). The number of halogens is 1. The van der Waals surface area contributed by atoms with Crippen LogP contribution in [0.25, 0.3) is 23.0 Å². The predicted molar refractivity (Wildman–Crippen MR) is 100 cm³/mol. The maximum atomic E-state index is 13.4. The zero-order chi connectivity index (χ0) is 20.4. The van der Waals surface area contributed by atoms with Gasteiger partial charge in [-0.3, -0.25) is 0 Å². The maximum Gasteiger partial charge on any atom is 0.337 e. The first kappa shape index (κ1) is 18.5. The number of aromatic nitrogens is 5. The van der Waals surface area contributed by atoms with E-state index in [9.17, 15) is 9.18 Å². The second-order valence-corrected chi connectivity index (χ2v) is 6.31. The van der Waals surface area contributed by atoms with Crippen LogP contribution in [0, 0.1) is 12.7 Å². The molecular formula is C20H16FN5O3. The maximum absolute atomic E-state index is 13.4. The molecule has 4 aromatic rings. The van der Waals surface area contributed by atoms with E-state index in [1.165, 1.54) is 19.2 Å². The molecule has 0 spiro atoms. The van der Waals surface area contributed by atoms with Gasteiger partial charge in [0.15, 0.2) is 5.69 Å². The molecule has 29 heavy (non-hydrogen) atoms. The fourth-order valence-electron chi connectivity index (χ4n) is 2.86. The summed E-state index contributed by atoms with van der Waals surface area (Å²) in [5.74, 6) is -0.253. The van der Waals surface area contributed by atoms with Gasteiger partial charge in [-0.1, -0.05) is 28.6 Å². The average molecular weight is 393 g/mol. The van der Waals surface area contributed by atoms with Crippen LogP contribution in [0.5, 0.6) is 0 Å². The molecule has 0 aliphatic carbocycles. The van der Waals surface area contributed by atoms with Crippen LogP contribution in [-0.4, -0.2) is 38.2 Å². The summed E-state index contributed by atoms with van der Waals surface area (Å²) in [6, 6.07) is 13.0. The number of carbonyl (C=O) groups is 1. The Balaban J connectivity index is 1.60. The van der Waals surface area contributed by atoms with Gasteiger partial charge in [0.2, 0.25) is 5.82 Å². The molecule has 0 aliphatic heterocycles. The Kier molecular flexibility index (Phi) is 4.86. The summed E-state index contributed by atoms with van der Waals surface area (Å²) < 4.78 is 25.1. The normalized spacial score (nSPS) is 10.9. The standard InChI is InChI=1S/C20H16FN5O3/c1-12-17(23-25-26(12)11-13-5-3-8-16(21)9-13)18-22-19(29-24-18)14-6-4-7-15(10-14)20(27)28-2/h3-10H,11H2,1-2H3. The zero-order valence-corrected chi connectivity index (χ0v) is 15.7. The van der Waals surface area contributed by atoms with Crippen molar-refractivity contribution in [3.05, 3.63) is 71.2 Å². The van der Waals surface area contributed by atoms with Gasteiger partial charge in [-0.15, -0.1) is 5.10 Å². The van der Waals surface area contributed by atoms with Crippen LogP contribution in [0.3, 0.4) is 0 Å². The van der Waals surface area contributed by atoms with E-state index in [1.54, 1.807) is 35.0 Å². The second-order valence-electron chi connectivity index (χ2n) is 6.31. The SMILES string of the molecule is COC(=O)c1cccc(-c2nc(-c3nnn(Cc4cccc(F)c4)c3C)no2)c1. The van der Waals surface area contributed by atoms with Crippen molar-refractivity contribution in [1.29, 1.82) is 0 Å². The Labute approximate surface area is 164 Å². The van der Waals surface area contributed by atoms with Gasteiger partial charge < -0.3 is 9.26 Å². The quantitative estimate of drug-likeness (QED) is 0.480. The van der Waals surface area contributed by atoms with Crippen molar-refractivity contribution in [3.63, 3.8) is 0 Å². The molecule has 2 aromatic heterocycles. The first-order chi connectivity index (χ1) is 14.0. The third-order valence-electron chi connectivity index (χ3n) is 4.37. The minimum absolute atomic E-state index is 0.241. The minimum Gasteiger partial charge on any atom is -0.465 e. The molecule has 0 radical (unpaired) electrons. The summed E-state index contributed by atoms with van der Waals surface area (Å²) in [7, 11) is 1.32. The lowest BCUT2D eigenvalue weighted by Gasteiger charge is -2.03. The highest BCUT2D eigenvalue weighted by Gasteiger charge is 2.18. The van der Waals surface area contributed by atoms with Crippen LogP contribution in [0.15, 0.2) is 53.1 Å². The summed E-state index contributed by atoms with van der Waals surface area (Å²) in [4.78, 5) is 16.1. The zero-order valence-electron chi connectivity index (χ0n) is 15.7. The third kappa shape index (κ3) is 3.75. The van der Waals surface area contributed by atoms with Crippen LogP contribution < -0.4 is 0 Å². The highest BCUT2D eigenvalue weighted by molar-refractivity contribution is 5.90. The minimum atomic E-state index is -0.456. The number of hydrogen-bond donors (Lipinski definition) is 0. The number of nitrogens with zero attached hydrogens (tertiary/aromatic N) is 5.